The van der Waals surface area contributed by atoms with Crippen LogP contribution in [0.1, 0.15) is 29.3 Å². The van der Waals surface area contributed by atoms with Crippen LogP contribution in [0.3, 0.4) is 0 Å². The van der Waals surface area contributed by atoms with Gasteiger partial charge in [-0.05, 0) is 30.7 Å². The van der Waals surface area contributed by atoms with Gasteiger partial charge in [0.2, 0.25) is 5.91 Å². The van der Waals surface area contributed by atoms with Gasteiger partial charge in [-0.2, -0.15) is 5.10 Å². The Morgan fingerprint density at radius 2 is 1.83 bits per heavy atom. The van der Waals surface area contributed by atoms with Crippen LogP contribution in [0.5, 0.6) is 0 Å². The lowest BCUT2D eigenvalue weighted by Gasteiger charge is -2.06. The van der Waals surface area contributed by atoms with E-state index in [0.29, 0.717) is 17.8 Å². The van der Waals surface area contributed by atoms with Crippen LogP contribution in [-0.4, -0.2) is 17.5 Å². The second kappa shape index (κ2) is 8.98. The Bertz CT molecular complexity index is 745. The van der Waals surface area contributed by atoms with Crippen molar-refractivity contribution in [3.05, 3.63) is 70.2 Å². The summed E-state index contributed by atoms with van der Waals surface area (Å²) < 4.78 is 0.816. The molecule has 6 heteroatoms. The summed E-state index contributed by atoms with van der Waals surface area (Å²) in [6, 6.07) is 16.7. The fourth-order valence-electron chi connectivity index (χ4n) is 1.97. The average Bonchev–Trinajstić information content (AvgIpc) is 2.59. The van der Waals surface area contributed by atoms with E-state index >= 15 is 0 Å². The van der Waals surface area contributed by atoms with Crippen molar-refractivity contribution in [3.8, 4) is 0 Å². The van der Waals surface area contributed by atoms with Crippen molar-refractivity contribution in [3.63, 3.8) is 0 Å². The average molecular weight is 388 g/mol. The van der Waals surface area contributed by atoms with E-state index in [1.807, 2.05) is 36.4 Å². The van der Waals surface area contributed by atoms with Crippen molar-refractivity contribution >= 4 is 33.5 Å². The van der Waals surface area contributed by atoms with Crippen LogP contribution >= 0.6 is 15.9 Å². The lowest BCUT2D eigenvalue weighted by atomic mass is 10.2. The fraction of sp³-hybridized carbons (Fsp3) is 0.167. The van der Waals surface area contributed by atoms with Crippen LogP contribution in [0, 0.1) is 0 Å². The van der Waals surface area contributed by atoms with Gasteiger partial charge >= 0.3 is 0 Å². The van der Waals surface area contributed by atoms with E-state index in [4.69, 9.17) is 0 Å². The largest absolute Gasteiger partial charge is 0.352 e. The highest BCUT2D eigenvalue weighted by molar-refractivity contribution is 9.10. The minimum atomic E-state index is -0.319. The molecule has 0 heterocycles. The third kappa shape index (κ3) is 5.96. The summed E-state index contributed by atoms with van der Waals surface area (Å²) in [6.07, 6.45) is 0.131. The molecule has 2 rings (SSSR count). The van der Waals surface area contributed by atoms with Crippen LogP contribution < -0.4 is 10.7 Å². The van der Waals surface area contributed by atoms with Crippen LogP contribution in [0.25, 0.3) is 0 Å². The molecule has 2 amide bonds. The maximum Gasteiger partial charge on any atom is 0.271 e. The van der Waals surface area contributed by atoms with Gasteiger partial charge in [0, 0.05) is 22.3 Å². The Morgan fingerprint density at radius 3 is 2.54 bits per heavy atom. The van der Waals surface area contributed by atoms with Crippen molar-refractivity contribution in [2.24, 2.45) is 5.10 Å². The van der Waals surface area contributed by atoms with Crippen LogP contribution in [0.15, 0.2) is 64.2 Å². The molecule has 0 fully saturated rings. The molecule has 0 atom stereocenters. The molecule has 0 aliphatic rings. The van der Waals surface area contributed by atoms with Gasteiger partial charge in [-0.15, -0.1) is 0 Å². The molecule has 2 N–H and O–H groups in total. The number of hydrogen-bond acceptors (Lipinski definition) is 3. The lowest BCUT2D eigenvalue weighted by Crippen LogP contribution is -2.26. The molecule has 5 nitrogen and oxygen atoms in total. The van der Waals surface area contributed by atoms with Crippen molar-refractivity contribution in [1.29, 1.82) is 0 Å². The van der Waals surface area contributed by atoms with Crippen molar-refractivity contribution in [2.45, 2.75) is 19.9 Å². The zero-order valence-electron chi connectivity index (χ0n) is 13.3. The molecular weight excluding hydrogens is 370 g/mol. The van der Waals surface area contributed by atoms with Gasteiger partial charge in [-0.3, -0.25) is 9.59 Å². The number of hydrazone groups is 1. The molecule has 0 aliphatic carbocycles. The monoisotopic (exact) mass is 387 g/mol. The van der Waals surface area contributed by atoms with Gasteiger partial charge in [0.1, 0.15) is 0 Å². The number of carbonyl (C=O) groups excluding carboxylic acids is 2. The maximum absolute atomic E-state index is 12.0. The maximum atomic E-state index is 12.0. The van der Waals surface area contributed by atoms with Crippen molar-refractivity contribution in [1.82, 2.24) is 10.7 Å². The zero-order valence-corrected chi connectivity index (χ0v) is 14.8. The molecule has 0 spiro atoms. The van der Waals surface area contributed by atoms with Crippen LogP contribution in [0.2, 0.25) is 0 Å². The molecule has 0 aromatic heterocycles. The van der Waals surface area contributed by atoms with E-state index in [-0.39, 0.29) is 18.2 Å². The third-order valence-corrected chi connectivity index (χ3v) is 3.68. The summed E-state index contributed by atoms with van der Waals surface area (Å²) >= 11 is 3.31. The highest BCUT2D eigenvalue weighted by atomic mass is 79.9. The molecule has 0 radical (unpaired) electrons. The molecule has 24 heavy (non-hydrogen) atoms. The summed E-state index contributed by atoms with van der Waals surface area (Å²) in [5.41, 5.74) is 4.51. The van der Waals surface area contributed by atoms with Crippen LogP contribution in [0.4, 0.5) is 0 Å². The summed E-state index contributed by atoms with van der Waals surface area (Å²) in [7, 11) is 0. The minimum Gasteiger partial charge on any atom is -0.352 e. The Morgan fingerprint density at radius 1 is 1.08 bits per heavy atom. The molecule has 2 aromatic rings. The van der Waals surface area contributed by atoms with Crippen molar-refractivity contribution < 1.29 is 9.59 Å². The first-order chi connectivity index (χ1) is 11.5. The number of nitrogens with one attached hydrogen (secondary N) is 2. The smallest absolute Gasteiger partial charge is 0.271 e. The standard InChI is InChI=1S/C18H18BrN3O2/c1-13(10-17(23)20-12-14-6-3-2-4-7-14)21-22-18(24)15-8-5-9-16(19)11-15/h2-9,11H,10,12H2,1H3,(H,20,23)(H,22,24). The summed E-state index contributed by atoms with van der Waals surface area (Å²) in [5, 5.41) is 6.78. The Kier molecular flexibility index (Phi) is 6.69. The number of benzene rings is 2. The lowest BCUT2D eigenvalue weighted by molar-refractivity contribution is -0.120. The Hall–Kier alpha value is -2.47. The Balaban J connectivity index is 1.80. The highest BCUT2D eigenvalue weighted by Gasteiger charge is 2.07. The molecule has 0 aliphatic heterocycles. The first-order valence-electron chi connectivity index (χ1n) is 7.44. The normalized spacial score (nSPS) is 11.0. The second-order valence-electron chi connectivity index (χ2n) is 5.24. The quantitative estimate of drug-likeness (QED) is 0.589. The van der Waals surface area contributed by atoms with Gasteiger partial charge in [-0.25, -0.2) is 5.43 Å². The number of amides is 2. The molecule has 2 aromatic carbocycles. The predicted molar refractivity (Wildman–Crippen MR) is 97.6 cm³/mol. The number of rotatable bonds is 6. The molecule has 0 unspecified atom stereocenters. The van der Waals surface area contributed by atoms with Gasteiger partial charge in [0.05, 0.1) is 6.42 Å². The van der Waals surface area contributed by atoms with Crippen molar-refractivity contribution in [2.75, 3.05) is 0 Å². The fourth-order valence-corrected chi connectivity index (χ4v) is 2.37. The molecular formula is C18H18BrN3O2. The van der Waals surface area contributed by atoms with E-state index in [2.05, 4.69) is 31.8 Å². The van der Waals surface area contributed by atoms with Crippen LogP contribution in [-0.2, 0) is 11.3 Å². The second-order valence-corrected chi connectivity index (χ2v) is 6.15. The number of nitrogens with zero attached hydrogens (tertiary/aromatic N) is 1. The Labute approximate surface area is 149 Å². The third-order valence-electron chi connectivity index (χ3n) is 3.18. The van der Waals surface area contributed by atoms with E-state index < -0.39 is 0 Å². The highest BCUT2D eigenvalue weighted by Crippen LogP contribution is 2.11. The topological polar surface area (TPSA) is 70.6 Å². The summed E-state index contributed by atoms with van der Waals surface area (Å²) in [5.74, 6) is -0.461. The first kappa shape index (κ1) is 17.9. The minimum absolute atomic E-state index is 0.131. The summed E-state index contributed by atoms with van der Waals surface area (Å²) in [6.45, 7) is 2.17. The summed E-state index contributed by atoms with van der Waals surface area (Å²) in [4.78, 5) is 23.8. The van der Waals surface area contributed by atoms with Gasteiger partial charge in [-0.1, -0.05) is 52.3 Å². The van der Waals surface area contributed by atoms with E-state index in [1.54, 1.807) is 25.1 Å². The molecule has 0 bridgehead atoms. The number of hydrogen-bond donors (Lipinski definition) is 2. The van der Waals surface area contributed by atoms with E-state index in [0.717, 1.165) is 10.0 Å². The van der Waals surface area contributed by atoms with Gasteiger partial charge in [0.25, 0.3) is 5.91 Å². The number of carbonyl (C=O) groups is 2. The molecule has 0 saturated carbocycles. The SMILES string of the molecule is CC(CC(=O)NCc1ccccc1)=NNC(=O)c1cccc(Br)c1. The first-order valence-corrected chi connectivity index (χ1v) is 8.23. The predicted octanol–water partition coefficient (Wildman–Crippen LogP) is 3.26. The number of halogens is 1. The van der Waals surface area contributed by atoms with E-state index in [9.17, 15) is 9.59 Å². The zero-order chi connectivity index (χ0) is 17.4. The van der Waals surface area contributed by atoms with Gasteiger partial charge < -0.3 is 5.32 Å². The van der Waals surface area contributed by atoms with Gasteiger partial charge in [0.15, 0.2) is 0 Å². The molecule has 0 saturated heterocycles. The van der Waals surface area contributed by atoms with E-state index in [1.165, 1.54) is 0 Å². The molecule has 124 valence electrons.